The van der Waals surface area contributed by atoms with Gasteiger partial charge >= 0.3 is 0 Å². The molecule has 0 spiro atoms. The first-order chi connectivity index (χ1) is 15.4. The Labute approximate surface area is 189 Å². The van der Waals surface area contributed by atoms with Gasteiger partial charge in [0.2, 0.25) is 5.95 Å². The SMILES string of the molecule is Cc1c(N)sc2ccc(F)c(-c3cc4nc(N5CCC(N)C5C)ncc4c4c3COC4)c12. The van der Waals surface area contributed by atoms with Gasteiger partial charge in [-0.15, -0.1) is 11.3 Å². The Balaban J connectivity index is 1.62. The van der Waals surface area contributed by atoms with E-state index in [2.05, 4.69) is 16.8 Å². The number of ether oxygens (including phenoxy) is 1. The number of aromatic nitrogens is 2. The summed E-state index contributed by atoms with van der Waals surface area (Å²) in [4.78, 5) is 11.7. The van der Waals surface area contributed by atoms with E-state index in [1.807, 2.05) is 19.2 Å². The second-order valence-corrected chi connectivity index (χ2v) is 9.83. The van der Waals surface area contributed by atoms with E-state index in [0.717, 1.165) is 56.2 Å². The molecule has 4 heterocycles. The van der Waals surface area contributed by atoms with Crippen LogP contribution in [0.15, 0.2) is 24.4 Å². The smallest absolute Gasteiger partial charge is 0.226 e. The van der Waals surface area contributed by atoms with Gasteiger partial charge in [0.1, 0.15) is 5.82 Å². The van der Waals surface area contributed by atoms with E-state index in [-0.39, 0.29) is 17.9 Å². The van der Waals surface area contributed by atoms with Gasteiger partial charge in [-0.1, -0.05) is 0 Å². The number of fused-ring (bicyclic) bond motifs is 4. The summed E-state index contributed by atoms with van der Waals surface area (Å²) in [7, 11) is 0. The van der Waals surface area contributed by atoms with Gasteiger partial charge in [0.05, 0.1) is 23.7 Å². The fourth-order valence-corrected chi connectivity index (χ4v) is 6.05. The highest BCUT2D eigenvalue weighted by Gasteiger charge is 2.31. The van der Waals surface area contributed by atoms with Crippen LogP contribution >= 0.6 is 11.3 Å². The molecular weight excluding hydrogens is 425 g/mol. The number of nitrogens with two attached hydrogens (primary N) is 2. The minimum atomic E-state index is -0.264. The standard InChI is InChI=1S/C24H24FN5OS/c1-11-21-20(32-23(11)27)4-3-17(25)22(21)13-7-19-14(16-10-31-9-15(13)16)8-28-24(29-19)30-6-5-18(26)12(30)2/h3-4,7-8,12,18H,5-6,9-10,26-27H2,1-2H3. The number of hydrogen-bond donors (Lipinski definition) is 2. The molecule has 0 bridgehead atoms. The Bertz CT molecular complexity index is 1400. The highest BCUT2D eigenvalue weighted by molar-refractivity contribution is 7.23. The number of aryl methyl sites for hydroxylation is 1. The van der Waals surface area contributed by atoms with Gasteiger partial charge < -0.3 is 21.1 Å². The zero-order valence-corrected chi connectivity index (χ0v) is 18.8. The molecule has 1 saturated heterocycles. The van der Waals surface area contributed by atoms with Gasteiger partial charge in [0.15, 0.2) is 0 Å². The normalized spacial score (nSPS) is 20.6. The molecule has 164 valence electrons. The van der Waals surface area contributed by atoms with Crippen LogP contribution in [0.5, 0.6) is 0 Å². The number of thiophene rings is 1. The van der Waals surface area contributed by atoms with E-state index in [1.165, 1.54) is 17.4 Å². The maximum Gasteiger partial charge on any atom is 0.226 e. The van der Waals surface area contributed by atoms with Gasteiger partial charge in [-0.3, -0.25) is 0 Å². The average molecular weight is 450 g/mol. The Hall–Kier alpha value is -2.81. The quantitative estimate of drug-likeness (QED) is 0.468. The van der Waals surface area contributed by atoms with Crippen molar-refractivity contribution in [2.75, 3.05) is 17.2 Å². The molecule has 6 nitrogen and oxygen atoms in total. The predicted molar refractivity (Wildman–Crippen MR) is 127 cm³/mol. The summed E-state index contributed by atoms with van der Waals surface area (Å²) < 4.78 is 22.1. The molecule has 2 aliphatic heterocycles. The van der Waals surface area contributed by atoms with Crippen molar-refractivity contribution in [2.24, 2.45) is 5.73 Å². The number of anilines is 2. The lowest BCUT2D eigenvalue weighted by Crippen LogP contribution is -2.37. The lowest BCUT2D eigenvalue weighted by Gasteiger charge is -2.23. The van der Waals surface area contributed by atoms with Crippen molar-refractivity contribution in [1.29, 1.82) is 0 Å². The van der Waals surface area contributed by atoms with Crippen LogP contribution in [-0.4, -0.2) is 28.6 Å². The van der Waals surface area contributed by atoms with Crippen LogP contribution in [0.4, 0.5) is 15.3 Å². The molecule has 0 radical (unpaired) electrons. The van der Waals surface area contributed by atoms with Gasteiger partial charge in [-0.2, -0.15) is 0 Å². The maximum absolute atomic E-state index is 15.4. The summed E-state index contributed by atoms with van der Waals surface area (Å²) in [6.07, 6.45) is 2.79. The largest absolute Gasteiger partial charge is 0.390 e. The Morgan fingerprint density at radius 2 is 2.06 bits per heavy atom. The van der Waals surface area contributed by atoms with E-state index >= 15 is 4.39 Å². The molecule has 6 rings (SSSR count). The monoisotopic (exact) mass is 449 g/mol. The molecule has 0 saturated carbocycles. The van der Waals surface area contributed by atoms with Crippen molar-refractivity contribution in [3.05, 3.63) is 46.9 Å². The van der Waals surface area contributed by atoms with Crippen molar-refractivity contribution < 1.29 is 9.13 Å². The number of nitrogens with zero attached hydrogens (tertiary/aromatic N) is 3. The van der Waals surface area contributed by atoms with E-state index in [1.54, 1.807) is 6.07 Å². The zero-order chi connectivity index (χ0) is 22.1. The van der Waals surface area contributed by atoms with Crippen molar-refractivity contribution in [1.82, 2.24) is 9.97 Å². The highest BCUT2D eigenvalue weighted by Crippen LogP contribution is 2.44. The molecule has 2 atom stereocenters. The van der Waals surface area contributed by atoms with Crippen LogP contribution in [0.2, 0.25) is 0 Å². The number of nitrogen functional groups attached to an aromatic ring is 1. The van der Waals surface area contributed by atoms with Crippen LogP contribution in [-0.2, 0) is 18.0 Å². The van der Waals surface area contributed by atoms with Crippen LogP contribution in [0.25, 0.3) is 32.1 Å². The lowest BCUT2D eigenvalue weighted by molar-refractivity contribution is 0.135. The molecule has 4 N–H and O–H groups in total. The van der Waals surface area contributed by atoms with E-state index in [0.29, 0.717) is 29.7 Å². The summed E-state index contributed by atoms with van der Waals surface area (Å²) >= 11 is 1.49. The number of hydrogen-bond acceptors (Lipinski definition) is 7. The summed E-state index contributed by atoms with van der Waals surface area (Å²) in [6.45, 7) is 5.79. The van der Waals surface area contributed by atoms with E-state index in [4.69, 9.17) is 21.2 Å². The molecule has 0 amide bonds. The molecule has 1 fully saturated rings. The van der Waals surface area contributed by atoms with Gasteiger partial charge in [-0.05, 0) is 60.7 Å². The molecule has 32 heavy (non-hydrogen) atoms. The molecule has 0 aliphatic carbocycles. The van der Waals surface area contributed by atoms with Crippen LogP contribution in [0.3, 0.4) is 0 Å². The first-order valence-corrected chi connectivity index (χ1v) is 11.6. The fourth-order valence-electron chi connectivity index (χ4n) is 5.07. The molecule has 2 aromatic carbocycles. The predicted octanol–water partition coefficient (Wildman–Crippen LogP) is 4.50. The lowest BCUT2D eigenvalue weighted by atomic mass is 9.91. The summed E-state index contributed by atoms with van der Waals surface area (Å²) in [5.74, 6) is 0.401. The van der Waals surface area contributed by atoms with Crippen LogP contribution in [0, 0.1) is 12.7 Å². The van der Waals surface area contributed by atoms with Crippen molar-refractivity contribution in [2.45, 2.75) is 45.6 Å². The highest BCUT2D eigenvalue weighted by atomic mass is 32.1. The third kappa shape index (κ3) is 2.76. The topological polar surface area (TPSA) is 90.3 Å². The van der Waals surface area contributed by atoms with E-state index in [9.17, 15) is 0 Å². The molecule has 2 aromatic heterocycles. The number of rotatable bonds is 2. The van der Waals surface area contributed by atoms with Crippen LogP contribution < -0.4 is 16.4 Å². The Morgan fingerprint density at radius 3 is 2.84 bits per heavy atom. The van der Waals surface area contributed by atoms with Crippen molar-refractivity contribution >= 4 is 43.3 Å². The molecule has 4 aromatic rings. The first-order valence-electron chi connectivity index (χ1n) is 10.8. The molecule has 2 unspecified atom stereocenters. The second-order valence-electron chi connectivity index (χ2n) is 8.75. The maximum atomic E-state index is 15.4. The Morgan fingerprint density at radius 1 is 1.25 bits per heavy atom. The van der Waals surface area contributed by atoms with Crippen LogP contribution in [0.1, 0.15) is 30.0 Å². The Kier molecular flexibility index (Phi) is 4.40. The molecular formula is C24H24FN5OS. The number of benzene rings is 2. The molecule has 2 aliphatic rings. The summed E-state index contributed by atoms with van der Waals surface area (Å²) in [5.41, 5.74) is 17.6. The zero-order valence-electron chi connectivity index (χ0n) is 18.0. The first kappa shape index (κ1) is 19.8. The minimum absolute atomic E-state index is 0.108. The summed E-state index contributed by atoms with van der Waals surface area (Å²) in [6, 6.07) is 5.60. The van der Waals surface area contributed by atoms with Gasteiger partial charge in [0.25, 0.3) is 0 Å². The van der Waals surface area contributed by atoms with Gasteiger partial charge in [0, 0.05) is 45.9 Å². The number of halogens is 1. The third-order valence-electron chi connectivity index (χ3n) is 7.02. The van der Waals surface area contributed by atoms with E-state index < -0.39 is 0 Å². The van der Waals surface area contributed by atoms with Crippen molar-refractivity contribution in [3.8, 4) is 11.1 Å². The third-order valence-corrected chi connectivity index (χ3v) is 8.10. The van der Waals surface area contributed by atoms with Crippen molar-refractivity contribution in [3.63, 3.8) is 0 Å². The van der Waals surface area contributed by atoms with Gasteiger partial charge in [-0.25, -0.2) is 14.4 Å². The second kappa shape index (κ2) is 7.10. The summed E-state index contributed by atoms with van der Waals surface area (Å²) in [5, 5.41) is 2.54. The average Bonchev–Trinajstić information content (AvgIpc) is 3.47. The fraction of sp³-hybridized carbons (Fsp3) is 0.333. The molecule has 8 heteroatoms. The minimum Gasteiger partial charge on any atom is -0.390 e.